The van der Waals surface area contributed by atoms with Gasteiger partial charge in [-0.2, -0.15) is 0 Å². The maximum atomic E-state index is 13.3. The number of carbonyl (C=O) groups is 1. The Morgan fingerprint density at radius 3 is 2.68 bits per heavy atom. The number of benzene rings is 1. The lowest BCUT2D eigenvalue weighted by Crippen LogP contribution is -2.40. The molecule has 6 heteroatoms. The lowest BCUT2D eigenvalue weighted by molar-refractivity contribution is -0.117. The molecule has 1 aromatic rings. The van der Waals surface area contributed by atoms with Crippen LogP contribution in [0.2, 0.25) is 0 Å². The van der Waals surface area contributed by atoms with Gasteiger partial charge in [0.25, 0.3) is 0 Å². The zero-order valence-corrected chi connectivity index (χ0v) is 10.4. The molecule has 1 aliphatic heterocycles. The number of hydrogen-bond donors (Lipinski definition) is 2. The van der Waals surface area contributed by atoms with Crippen molar-refractivity contribution >= 4 is 11.6 Å². The van der Waals surface area contributed by atoms with Crippen LogP contribution in [-0.2, 0) is 4.79 Å². The molecule has 0 unspecified atom stereocenters. The minimum atomic E-state index is -0.789. The van der Waals surface area contributed by atoms with E-state index in [9.17, 15) is 18.7 Å². The summed E-state index contributed by atoms with van der Waals surface area (Å²) in [7, 11) is 0. The molecule has 4 nitrogen and oxygen atoms in total. The fourth-order valence-electron chi connectivity index (χ4n) is 2.06. The minimum absolute atomic E-state index is 0.0246. The van der Waals surface area contributed by atoms with Crippen LogP contribution in [0.15, 0.2) is 18.2 Å². The number of hydrogen-bond acceptors (Lipinski definition) is 3. The standard InChI is InChI=1S/C13H16F2N2O2/c14-9-1-2-12(11(15)7-9)16-13(19)8-17-5-3-10(18)4-6-17/h1-2,7,10,18H,3-6,8H2,(H,16,19). The monoisotopic (exact) mass is 270 g/mol. The summed E-state index contributed by atoms with van der Waals surface area (Å²) in [6.07, 6.45) is 0.977. The summed E-state index contributed by atoms with van der Waals surface area (Å²) in [4.78, 5) is 13.6. The van der Waals surface area contributed by atoms with Crippen molar-refractivity contribution in [3.05, 3.63) is 29.8 Å². The lowest BCUT2D eigenvalue weighted by atomic mass is 10.1. The van der Waals surface area contributed by atoms with Crippen molar-refractivity contribution < 1.29 is 18.7 Å². The van der Waals surface area contributed by atoms with Gasteiger partial charge < -0.3 is 10.4 Å². The fourth-order valence-corrected chi connectivity index (χ4v) is 2.06. The summed E-state index contributed by atoms with van der Waals surface area (Å²) in [5.41, 5.74) is -0.0246. The maximum absolute atomic E-state index is 13.3. The molecular weight excluding hydrogens is 254 g/mol. The third kappa shape index (κ3) is 3.97. The van der Waals surface area contributed by atoms with Gasteiger partial charge in [-0.05, 0) is 25.0 Å². The zero-order chi connectivity index (χ0) is 13.8. The zero-order valence-electron chi connectivity index (χ0n) is 10.4. The molecule has 19 heavy (non-hydrogen) atoms. The van der Waals surface area contributed by atoms with Crippen molar-refractivity contribution in [1.29, 1.82) is 0 Å². The van der Waals surface area contributed by atoms with E-state index in [-0.39, 0.29) is 24.2 Å². The van der Waals surface area contributed by atoms with Gasteiger partial charge in [0.15, 0.2) is 0 Å². The Morgan fingerprint density at radius 1 is 1.37 bits per heavy atom. The summed E-state index contributed by atoms with van der Waals surface area (Å²) in [6.45, 7) is 1.42. The summed E-state index contributed by atoms with van der Waals surface area (Å²) in [6, 6.07) is 3.02. The van der Waals surface area contributed by atoms with E-state index in [1.54, 1.807) is 0 Å². The summed E-state index contributed by atoms with van der Waals surface area (Å²) in [5.74, 6) is -1.81. The number of amides is 1. The molecule has 2 rings (SSSR count). The molecule has 1 aliphatic rings. The van der Waals surface area contributed by atoms with Gasteiger partial charge in [-0.3, -0.25) is 9.69 Å². The van der Waals surface area contributed by atoms with Gasteiger partial charge in [0.05, 0.1) is 18.3 Å². The van der Waals surface area contributed by atoms with Gasteiger partial charge in [0.2, 0.25) is 5.91 Å². The van der Waals surface area contributed by atoms with Crippen LogP contribution >= 0.6 is 0 Å². The first-order valence-electron chi connectivity index (χ1n) is 6.20. The first-order valence-corrected chi connectivity index (χ1v) is 6.20. The van der Waals surface area contributed by atoms with Crippen LogP contribution in [0.4, 0.5) is 14.5 Å². The molecule has 1 amide bonds. The molecule has 1 saturated heterocycles. The predicted octanol–water partition coefficient (Wildman–Crippen LogP) is 1.36. The number of rotatable bonds is 3. The van der Waals surface area contributed by atoms with Crippen LogP contribution < -0.4 is 5.32 Å². The maximum Gasteiger partial charge on any atom is 0.238 e. The second-order valence-electron chi connectivity index (χ2n) is 4.68. The van der Waals surface area contributed by atoms with E-state index in [1.807, 2.05) is 4.90 Å². The molecule has 0 saturated carbocycles. The number of halogens is 2. The van der Waals surface area contributed by atoms with Gasteiger partial charge in [-0.25, -0.2) is 8.78 Å². The van der Waals surface area contributed by atoms with E-state index in [4.69, 9.17) is 0 Å². The molecular formula is C13H16F2N2O2. The smallest absolute Gasteiger partial charge is 0.238 e. The number of likely N-dealkylation sites (tertiary alicyclic amines) is 1. The van der Waals surface area contributed by atoms with Crippen LogP contribution in [0.1, 0.15) is 12.8 Å². The van der Waals surface area contributed by atoms with E-state index in [0.29, 0.717) is 25.9 Å². The number of aliphatic hydroxyl groups excluding tert-OH is 1. The topological polar surface area (TPSA) is 52.6 Å². The molecule has 104 valence electrons. The average Bonchev–Trinajstić information content (AvgIpc) is 2.36. The Balaban J connectivity index is 1.87. The fraction of sp³-hybridized carbons (Fsp3) is 0.462. The highest BCUT2D eigenvalue weighted by Gasteiger charge is 2.19. The summed E-state index contributed by atoms with van der Waals surface area (Å²) >= 11 is 0. The van der Waals surface area contributed by atoms with E-state index in [2.05, 4.69) is 5.32 Å². The van der Waals surface area contributed by atoms with Crippen LogP contribution in [0, 0.1) is 11.6 Å². The third-order valence-electron chi connectivity index (χ3n) is 3.13. The number of carbonyl (C=O) groups excluding carboxylic acids is 1. The van der Waals surface area contributed by atoms with Crippen molar-refractivity contribution in [2.24, 2.45) is 0 Å². The number of piperidine rings is 1. The van der Waals surface area contributed by atoms with E-state index < -0.39 is 11.6 Å². The second-order valence-corrected chi connectivity index (χ2v) is 4.68. The minimum Gasteiger partial charge on any atom is -0.393 e. The van der Waals surface area contributed by atoms with Crippen LogP contribution in [0.3, 0.4) is 0 Å². The van der Waals surface area contributed by atoms with Gasteiger partial charge in [-0.1, -0.05) is 0 Å². The molecule has 0 radical (unpaired) electrons. The molecule has 1 heterocycles. The lowest BCUT2D eigenvalue weighted by Gasteiger charge is -2.28. The first kappa shape index (κ1) is 13.9. The molecule has 0 spiro atoms. The van der Waals surface area contributed by atoms with Gasteiger partial charge in [0, 0.05) is 19.2 Å². The van der Waals surface area contributed by atoms with Gasteiger partial charge in [-0.15, -0.1) is 0 Å². The Labute approximate surface area is 110 Å². The molecule has 0 aromatic heterocycles. The largest absolute Gasteiger partial charge is 0.393 e. The Hall–Kier alpha value is -1.53. The highest BCUT2D eigenvalue weighted by molar-refractivity contribution is 5.92. The average molecular weight is 270 g/mol. The molecule has 0 bridgehead atoms. The molecule has 2 N–H and O–H groups in total. The molecule has 1 fully saturated rings. The van der Waals surface area contributed by atoms with Crippen molar-refractivity contribution in [1.82, 2.24) is 4.90 Å². The normalized spacial score (nSPS) is 17.4. The highest BCUT2D eigenvalue weighted by atomic mass is 19.1. The Bertz CT molecular complexity index is 460. The van der Waals surface area contributed by atoms with Crippen molar-refractivity contribution in [3.63, 3.8) is 0 Å². The Kier molecular flexibility index (Phi) is 4.44. The highest BCUT2D eigenvalue weighted by Crippen LogP contribution is 2.15. The second kappa shape index (κ2) is 6.08. The third-order valence-corrected chi connectivity index (χ3v) is 3.13. The molecule has 0 atom stereocenters. The van der Waals surface area contributed by atoms with Crippen molar-refractivity contribution in [2.75, 3.05) is 25.0 Å². The van der Waals surface area contributed by atoms with Gasteiger partial charge >= 0.3 is 0 Å². The summed E-state index contributed by atoms with van der Waals surface area (Å²) in [5, 5.41) is 11.8. The number of nitrogens with zero attached hydrogens (tertiary/aromatic N) is 1. The van der Waals surface area contributed by atoms with Crippen LogP contribution in [-0.4, -0.2) is 41.7 Å². The quantitative estimate of drug-likeness (QED) is 0.872. The van der Waals surface area contributed by atoms with Gasteiger partial charge in [0.1, 0.15) is 11.6 Å². The van der Waals surface area contributed by atoms with Crippen LogP contribution in [0.25, 0.3) is 0 Å². The van der Waals surface area contributed by atoms with Crippen LogP contribution in [0.5, 0.6) is 0 Å². The van der Waals surface area contributed by atoms with Crippen molar-refractivity contribution in [2.45, 2.75) is 18.9 Å². The Morgan fingerprint density at radius 2 is 2.05 bits per heavy atom. The molecule has 1 aromatic carbocycles. The number of nitrogens with one attached hydrogen (secondary N) is 1. The van der Waals surface area contributed by atoms with E-state index >= 15 is 0 Å². The first-order chi connectivity index (χ1) is 9.04. The van der Waals surface area contributed by atoms with Crippen molar-refractivity contribution in [3.8, 4) is 0 Å². The molecule has 0 aliphatic carbocycles. The van der Waals surface area contributed by atoms with E-state index in [1.165, 1.54) is 6.07 Å². The predicted molar refractivity (Wildman–Crippen MR) is 66.7 cm³/mol. The number of anilines is 1. The summed E-state index contributed by atoms with van der Waals surface area (Å²) < 4.78 is 26.0. The number of aliphatic hydroxyl groups is 1. The SMILES string of the molecule is O=C(CN1CCC(O)CC1)Nc1ccc(F)cc1F. The van der Waals surface area contributed by atoms with E-state index in [0.717, 1.165) is 12.1 Å².